The minimum absolute atomic E-state index is 0.00225. The maximum Gasteiger partial charge on any atom is 0.337 e. The molecule has 0 aliphatic rings. The summed E-state index contributed by atoms with van der Waals surface area (Å²) in [6, 6.07) is 6.99. The van der Waals surface area contributed by atoms with Crippen LogP contribution >= 0.6 is 0 Å². The van der Waals surface area contributed by atoms with Crippen LogP contribution in [0.15, 0.2) is 30.5 Å². The quantitative estimate of drug-likeness (QED) is 0.794. The van der Waals surface area contributed by atoms with Gasteiger partial charge in [-0.3, -0.25) is 0 Å². The Kier molecular flexibility index (Phi) is 2.43. The molecule has 0 amide bonds. The molecule has 0 radical (unpaired) electrons. The first-order chi connectivity index (χ1) is 7.24. The minimum Gasteiger partial charge on any atom is -0.478 e. The van der Waals surface area contributed by atoms with Gasteiger partial charge in [-0.2, -0.15) is 0 Å². The molecule has 1 aromatic carbocycles. The topological polar surface area (TPSA) is 62.5 Å². The number of aliphatic hydroxyl groups is 1. The van der Waals surface area contributed by atoms with Gasteiger partial charge in [-0.25, -0.2) is 4.79 Å². The second kappa shape index (κ2) is 3.74. The Hall–Kier alpha value is -1.81. The fraction of sp³-hybridized carbons (Fsp3) is 0.182. The molecule has 0 saturated heterocycles. The first-order valence-corrected chi connectivity index (χ1v) is 4.66. The number of fused-ring (bicyclic) bond motifs is 1. The van der Waals surface area contributed by atoms with Crippen molar-refractivity contribution in [2.45, 2.75) is 6.54 Å². The van der Waals surface area contributed by atoms with Gasteiger partial charge >= 0.3 is 5.97 Å². The maximum absolute atomic E-state index is 11.0. The molecule has 0 saturated carbocycles. The van der Waals surface area contributed by atoms with Gasteiger partial charge in [0, 0.05) is 18.1 Å². The van der Waals surface area contributed by atoms with Crippen molar-refractivity contribution in [3.63, 3.8) is 0 Å². The van der Waals surface area contributed by atoms with E-state index in [1.54, 1.807) is 22.9 Å². The molecule has 0 atom stereocenters. The Balaban J connectivity index is 2.69. The third-order valence-electron chi connectivity index (χ3n) is 2.36. The van der Waals surface area contributed by atoms with E-state index in [-0.39, 0.29) is 12.2 Å². The Morgan fingerprint density at radius 3 is 2.80 bits per heavy atom. The summed E-state index contributed by atoms with van der Waals surface area (Å²) < 4.78 is 1.75. The van der Waals surface area contributed by atoms with E-state index >= 15 is 0 Å². The Morgan fingerprint density at radius 1 is 1.33 bits per heavy atom. The number of carbonyl (C=O) groups is 1. The van der Waals surface area contributed by atoms with Crippen LogP contribution in [0.3, 0.4) is 0 Å². The summed E-state index contributed by atoms with van der Waals surface area (Å²) in [6.45, 7) is 0.408. The number of benzene rings is 1. The lowest BCUT2D eigenvalue weighted by molar-refractivity contribution is 0.0698. The number of aromatic carboxylic acids is 1. The molecule has 4 nitrogen and oxygen atoms in total. The van der Waals surface area contributed by atoms with E-state index in [4.69, 9.17) is 10.2 Å². The molecule has 2 rings (SSSR count). The minimum atomic E-state index is -0.946. The number of carboxylic acids is 1. The normalized spacial score (nSPS) is 10.7. The Bertz CT molecular complexity index is 502. The zero-order valence-corrected chi connectivity index (χ0v) is 8.05. The van der Waals surface area contributed by atoms with Crippen molar-refractivity contribution in [3.05, 3.63) is 36.0 Å². The first kappa shape index (κ1) is 9.73. The first-order valence-electron chi connectivity index (χ1n) is 4.66. The third-order valence-corrected chi connectivity index (χ3v) is 2.36. The lowest BCUT2D eigenvalue weighted by Crippen LogP contribution is -2.05. The number of hydrogen-bond donors (Lipinski definition) is 2. The van der Waals surface area contributed by atoms with Crippen LogP contribution in [-0.4, -0.2) is 27.4 Å². The molecule has 1 aromatic heterocycles. The van der Waals surface area contributed by atoms with E-state index < -0.39 is 5.97 Å². The summed E-state index contributed by atoms with van der Waals surface area (Å²) in [5.41, 5.74) is 0.935. The van der Waals surface area contributed by atoms with Crippen molar-refractivity contribution in [1.29, 1.82) is 0 Å². The number of rotatable bonds is 3. The molecule has 0 unspecified atom stereocenters. The van der Waals surface area contributed by atoms with E-state index in [2.05, 4.69) is 0 Å². The molecule has 0 bridgehead atoms. The highest BCUT2D eigenvalue weighted by molar-refractivity contribution is 6.02. The fourth-order valence-electron chi connectivity index (χ4n) is 1.73. The van der Waals surface area contributed by atoms with Gasteiger partial charge in [0.05, 0.1) is 17.7 Å². The lowest BCUT2D eigenvalue weighted by atomic mass is 10.1. The monoisotopic (exact) mass is 205 g/mol. The van der Waals surface area contributed by atoms with Crippen molar-refractivity contribution in [2.75, 3.05) is 6.61 Å². The van der Waals surface area contributed by atoms with Gasteiger partial charge in [0.2, 0.25) is 0 Å². The average Bonchev–Trinajstić information content (AvgIpc) is 2.62. The van der Waals surface area contributed by atoms with Gasteiger partial charge in [0.15, 0.2) is 0 Å². The van der Waals surface area contributed by atoms with Crippen LogP contribution in [0.25, 0.3) is 10.9 Å². The highest BCUT2D eigenvalue weighted by Gasteiger charge is 2.11. The molecule has 15 heavy (non-hydrogen) atoms. The molecule has 4 heteroatoms. The predicted octanol–water partition coefficient (Wildman–Crippen LogP) is 1.33. The van der Waals surface area contributed by atoms with Gasteiger partial charge < -0.3 is 14.8 Å². The van der Waals surface area contributed by atoms with Crippen molar-refractivity contribution in [3.8, 4) is 0 Å². The van der Waals surface area contributed by atoms with E-state index in [1.807, 2.05) is 12.1 Å². The highest BCUT2D eigenvalue weighted by Crippen LogP contribution is 2.20. The van der Waals surface area contributed by atoms with Crippen molar-refractivity contribution in [1.82, 2.24) is 4.57 Å². The molecule has 2 N–H and O–H groups in total. The summed E-state index contributed by atoms with van der Waals surface area (Å²) >= 11 is 0. The van der Waals surface area contributed by atoms with Crippen molar-refractivity contribution >= 4 is 16.9 Å². The lowest BCUT2D eigenvalue weighted by Gasteiger charge is -2.05. The summed E-state index contributed by atoms with van der Waals surface area (Å²) in [4.78, 5) is 11.0. The largest absolute Gasteiger partial charge is 0.478 e. The summed E-state index contributed by atoms with van der Waals surface area (Å²) in [6.07, 6.45) is 1.79. The van der Waals surface area contributed by atoms with Crippen molar-refractivity contribution in [2.24, 2.45) is 0 Å². The second-order valence-electron chi connectivity index (χ2n) is 3.28. The van der Waals surface area contributed by atoms with Gasteiger partial charge in [0.1, 0.15) is 0 Å². The van der Waals surface area contributed by atoms with Crippen LogP contribution in [0, 0.1) is 0 Å². The van der Waals surface area contributed by atoms with Crippen LogP contribution in [0.4, 0.5) is 0 Å². The zero-order valence-electron chi connectivity index (χ0n) is 8.05. The molecule has 1 heterocycles. The SMILES string of the molecule is O=C(O)c1cccc2ccn(CCO)c12. The summed E-state index contributed by atoms with van der Waals surface area (Å²) in [5.74, 6) is -0.946. The maximum atomic E-state index is 11.0. The fourth-order valence-corrected chi connectivity index (χ4v) is 1.73. The number of carboxylic acid groups (broad SMARTS) is 1. The smallest absolute Gasteiger partial charge is 0.337 e. The predicted molar refractivity (Wildman–Crippen MR) is 56.0 cm³/mol. The van der Waals surface area contributed by atoms with Crippen LogP contribution in [0.5, 0.6) is 0 Å². The van der Waals surface area contributed by atoms with E-state index in [1.165, 1.54) is 0 Å². The molecule has 0 aliphatic heterocycles. The van der Waals surface area contributed by atoms with Gasteiger partial charge in [-0.15, -0.1) is 0 Å². The highest BCUT2D eigenvalue weighted by atomic mass is 16.4. The van der Waals surface area contributed by atoms with Crippen LogP contribution < -0.4 is 0 Å². The van der Waals surface area contributed by atoms with E-state index in [0.29, 0.717) is 12.1 Å². The van der Waals surface area contributed by atoms with E-state index in [0.717, 1.165) is 5.39 Å². The second-order valence-corrected chi connectivity index (χ2v) is 3.28. The zero-order chi connectivity index (χ0) is 10.8. The van der Waals surface area contributed by atoms with Crippen LogP contribution in [-0.2, 0) is 6.54 Å². The molecular weight excluding hydrogens is 194 g/mol. The molecule has 0 spiro atoms. The molecule has 78 valence electrons. The van der Waals surface area contributed by atoms with Crippen LogP contribution in [0.2, 0.25) is 0 Å². The Labute approximate surface area is 86.4 Å². The number of nitrogens with zero attached hydrogens (tertiary/aromatic N) is 1. The molecular formula is C11H11NO3. The number of aliphatic hydroxyl groups excluding tert-OH is 1. The van der Waals surface area contributed by atoms with Crippen molar-refractivity contribution < 1.29 is 15.0 Å². The standard InChI is InChI=1S/C11H11NO3/c13-7-6-12-5-4-8-2-1-3-9(10(8)12)11(14)15/h1-5,13H,6-7H2,(H,14,15). The average molecular weight is 205 g/mol. The number of aromatic nitrogens is 1. The Morgan fingerprint density at radius 2 is 2.13 bits per heavy atom. The van der Waals surface area contributed by atoms with Gasteiger partial charge in [-0.05, 0) is 12.1 Å². The summed E-state index contributed by atoms with van der Waals surface area (Å²) in [5, 5.41) is 18.8. The molecule has 0 fully saturated rings. The number of hydrogen-bond acceptors (Lipinski definition) is 2. The van der Waals surface area contributed by atoms with E-state index in [9.17, 15) is 4.79 Å². The molecule has 0 aliphatic carbocycles. The third kappa shape index (κ3) is 1.59. The summed E-state index contributed by atoms with van der Waals surface area (Å²) in [7, 11) is 0. The number of para-hydroxylation sites is 1. The van der Waals surface area contributed by atoms with Gasteiger partial charge in [-0.1, -0.05) is 12.1 Å². The van der Waals surface area contributed by atoms with Crippen LogP contribution in [0.1, 0.15) is 10.4 Å². The van der Waals surface area contributed by atoms with Gasteiger partial charge in [0.25, 0.3) is 0 Å². The molecule has 2 aromatic rings.